The van der Waals surface area contributed by atoms with Gasteiger partial charge >= 0.3 is 5.97 Å². The van der Waals surface area contributed by atoms with Crippen LogP contribution in [0.1, 0.15) is 67.7 Å². The van der Waals surface area contributed by atoms with Crippen molar-refractivity contribution in [3.05, 3.63) is 0 Å². The molecule has 0 bridgehead atoms. The summed E-state index contributed by atoms with van der Waals surface area (Å²) in [5.41, 5.74) is -0.564. The average Bonchev–Trinajstić information content (AvgIpc) is 2.50. The van der Waals surface area contributed by atoms with E-state index in [4.69, 9.17) is 4.74 Å². The van der Waals surface area contributed by atoms with Gasteiger partial charge in [0.15, 0.2) is 0 Å². The highest BCUT2D eigenvalue weighted by Crippen LogP contribution is 2.47. The zero-order valence-corrected chi connectivity index (χ0v) is 21.5. The third-order valence-corrected chi connectivity index (χ3v) is 5.79. The molecule has 0 aliphatic rings. The highest BCUT2D eigenvalue weighted by molar-refractivity contribution is 5.77. The van der Waals surface area contributed by atoms with Crippen LogP contribution in [0, 0.1) is 16.2 Å². The highest BCUT2D eigenvalue weighted by atomic mass is 16.5. The van der Waals surface area contributed by atoms with Crippen molar-refractivity contribution in [2.75, 3.05) is 67.5 Å². The molecular weight excluding hydrogens is 362 g/mol. The summed E-state index contributed by atoms with van der Waals surface area (Å²) in [6, 6.07) is 0. The van der Waals surface area contributed by atoms with Crippen LogP contribution >= 0.6 is 0 Å². The Hall–Kier alpha value is -0.650. The van der Waals surface area contributed by atoms with Gasteiger partial charge in [-0.3, -0.25) is 9.69 Å². The minimum Gasteiger partial charge on any atom is -0.464 e. The fourth-order valence-corrected chi connectivity index (χ4v) is 3.69. The second-order valence-corrected chi connectivity index (χ2v) is 11.6. The van der Waals surface area contributed by atoms with Gasteiger partial charge in [-0.25, -0.2) is 0 Å². The molecule has 0 spiro atoms. The number of carbonyl (C=O) groups is 1. The Kier molecular flexibility index (Phi) is 12.0. The molecular formula is C24H51N3O2. The molecule has 0 saturated carbocycles. The summed E-state index contributed by atoms with van der Waals surface area (Å²) in [6.45, 7) is 20.6. The Bertz CT molecular complexity index is 450. The van der Waals surface area contributed by atoms with Gasteiger partial charge < -0.3 is 14.5 Å². The van der Waals surface area contributed by atoms with Crippen LogP contribution in [-0.2, 0) is 9.53 Å². The minimum atomic E-state index is -0.494. The molecule has 0 aliphatic carbocycles. The van der Waals surface area contributed by atoms with Crippen molar-refractivity contribution in [1.29, 1.82) is 0 Å². The predicted molar refractivity (Wildman–Crippen MR) is 125 cm³/mol. The lowest BCUT2D eigenvalue weighted by molar-refractivity contribution is -0.165. The molecule has 0 saturated heterocycles. The van der Waals surface area contributed by atoms with Crippen molar-refractivity contribution < 1.29 is 9.53 Å². The van der Waals surface area contributed by atoms with Crippen molar-refractivity contribution in [1.82, 2.24) is 14.7 Å². The van der Waals surface area contributed by atoms with Gasteiger partial charge in [0.1, 0.15) is 6.61 Å². The topological polar surface area (TPSA) is 36.0 Å². The largest absolute Gasteiger partial charge is 0.464 e. The number of rotatable bonds is 13. The third kappa shape index (κ3) is 12.0. The normalized spacial score (nSPS) is 15.2. The molecule has 5 nitrogen and oxygen atoms in total. The Balaban J connectivity index is 4.85. The molecule has 0 N–H and O–H groups in total. The fourth-order valence-electron chi connectivity index (χ4n) is 3.69. The predicted octanol–water partition coefficient (Wildman–Crippen LogP) is 4.22. The monoisotopic (exact) mass is 413 g/mol. The molecule has 0 amide bonds. The molecule has 0 aliphatic heterocycles. The van der Waals surface area contributed by atoms with E-state index in [-0.39, 0.29) is 16.8 Å². The average molecular weight is 414 g/mol. The lowest BCUT2D eigenvalue weighted by Gasteiger charge is -2.43. The SMILES string of the molecule is CN(C)CCCN(CCCN(C)C)CCOC(=O)C(C)(CC(C)(C)C)C(C)(C)C. The van der Waals surface area contributed by atoms with E-state index >= 15 is 0 Å². The molecule has 29 heavy (non-hydrogen) atoms. The van der Waals surface area contributed by atoms with E-state index in [9.17, 15) is 4.79 Å². The fraction of sp³-hybridized carbons (Fsp3) is 0.958. The lowest BCUT2D eigenvalue weighted by atomic mass is 9.61. The molecule has 0 heterocycles. The van der Waals surface area contributed by atoms with E-state index in [2.05, 4.69) is 91.4 Å². The van der Waals surface area contributed by atoms with Gasteiger partial charge in [0, 0.05) is 6.54 Å². The van der Waals surface area contributed by atoms with E-state index in [1.165, 1.54) is 0 Å². The second-order valence-electron chi connectivity index (χ2n) is 11.6. The summed E-state index contributed by atoms with van der Waals surface area (Å²) in [7, 11) is 8.45. The van der Waals surface area contributed by atoms with Crippen LogP contribution in [-0.4, -0.2) is 88.2 Å². The summed E-state index contributed by atoms with van der Waals surface area (Å²) in [4.78, 5) is 20.0. The van der Waals surface area contributed by atoms with Gasteiger partial charge in [0.2, 0.25) is 0 Å². The Morgan fingerprint density at radius 2 is 1.17 bits per heavy atom. The first-order chi connectivity index (χ1) is 13.1. The zero-order valence-electron chi connectivity index (χ0n) is 21.5. The Morgan fingerprint density at radius 3 is 1.52 bits per heavy atom. The van der Waals surface area contributed by atoms with Gasteiger partial charge in [-0.2, -0.15) is 0 Å². The molecule has 0 aromatic rings. The van der Waals surface area contributed by atoms with E-state index in [0.29, 0.717) is 6.61 Å². The lowest BCUT2D eigenvalue weighted by Crippen LogP contribution is -2.45. The van der Waals surface area contributed by atoms with Crippen LogP contribution in [0.3, 0.4) is 0 Å². The van der Waals surface area contributed by atoms with E-state index in [0.717, 1.165) is 52.0 Å². The maximum absolute atomic E-state index is 13.1. The summed E-state index contributed by atoms with van der Waals surface area (Å²) < 4.78 is 5.86. The van der Waals surface area contributed by atoms with Crippen LogP contribution in [0.25, 0.3) is 0 Å². The molecule has 5 heteroatoms. The van der Waals surface area contributed by atoms with E-state index < -0.39 is 5.41 Å². The van der Waals surface area contributed by atoms with E-state index in [1.807, 2.05) is 0 Å². The number of hydrogen-bond acceptors (Lipinski definition) is 5. The smallest absolute Gasteiger partial charge is 0.312 e. The van der Waals surface area contributed by atoms with Crippen molar-refractivity contribution in [2.24, 2.45) is 16.2 Å². The van der Waals surface area contributed by atoms with Crippen molar-refractivity contribution in [3.63, 3.8) is 0 Å². The van der Waals surface area contributed by atoms with Crippen LogP contribution in [0.15, 0.2) is 0 Å². The highest BCUT2D eigenvalue weighted by Gasteiger charge is 2.47. The Labute approximate surface area is 182 Å². The molecule has 0 rings (SSSR count). The molecule has 0 fully saturated rings. The van der Waals surface area contributed by atoms with Gasteiger partial charge in [-0.1, -0.05) is 41.5 Å². The third-order valence-electron chi connectivity index (χ3n) is 5.79. The summed E-state index contributed by atoms with van der Waals surface area (Å²) in [5, 5.41) is 0. The molecule has 1 atom stereocenters. The first-order valence-corrected chi connectivity index (χ1v) is 11.3. The van der Waals surface area contributed by atoms with E-state index in [1.54, 1.807) is 0 Å². The number of ether oxygens (including phenoxy) is 1. The molecule has 0 radical (unpaired) electrons. The number of hydrogen-bond donors (Lipinski definition) is 0. The second kappa shape index (κ2) is 12.3. The van der Waals surface area contributed by atoms with Crippen LogP contribution in [0.4, 0.5) is 0 Å². The summed E-state index contributed by atoms with van der Waals surface area (Å²) >= 11 is 0. The first kappa shape index (κ1) is 28.4. The molecule has 1 unspecified atom stereocenters. The van der Waals surface area contributed by atoms with Gasteiger partial charge in [-0.05, 0) is 91.4 Å². The molecule has 0 aromatic carbocycles. The summed E-state index contributed by atoms with van der Waals surface area (Å²) in [5.74, 6) is -0.0542. The first-order valence-electron chi connectivity index (χ1n) is 11.3. The zero-order chi connectivity index (χ0) is 22.9. The van der Waals surface area contributed by atoms with Crippen LogP contribution < -0.4 is 0 Å². The molecule has 0 aromatic heterocycles. The van der Waals surface area contributed by atoms with Crippen molar-refractivity contribution in [3.8, 4) is 0 Å². The number of nitrogens with zero attached hydrogens (tertiary/aromatic N) is 3. The number of carbonyl (C=O) groups excluding carboxylic acids is 1. The van der Waals surface area contributed by atoms with Crippen LogP contribution in [0.5, 0.6) is 0 Å². The standard InChI is InChI=1S/C24H51N3O2/c1-22(2,3)20-24(7,23(4,5)6)21(28)29-19-18-27(16-12-14-25(8)9)17-13-15-26(10)11/h12-20H2,1-11H3. The summed E-state index contributed by atoms with van der Waals surface area (Å²) in [6.07, 6.45) is 3.08. The van der Waals surface area contributed by atoms with Crippen LogP contribution in [0.2, 0.25) is 0 Å². The van der Waals surface area contributed by atoms with Crippen molar-refractivity contribution >= 4 is 5.97 Å². The molecule has 174 valence electrons. The van der Waals surface area contributed by atoms with Gasteiger partial charge in [0.05, 0.1) is 5.41 Å². The number of esters is 1. The van der Waals surface area contributed by atoms with Gasteiger partial charge in [-0.15, -0.1) is 0 Å². The quantitative estimate of drug-likeness (QED) is 0.422. The van der Waals surface area contributed by atoms with Crippen molar-refractivity contribution in [2.45, 2.75) is 67.7 Å². The minimum absolute atomic E-state index is 0.0542. The maximum atomic E-state index is 13.1. The maximum Gasteiger partial charge on any atom is 0.312 e. The van der Waals surface area contributed by atoms with Gasteiger partial charge in [0.25, 0.3) is 0 Å². The Morgan fingerprint density at radius 1 is 0.724 bits per heavy atom.